The van der Waals surface area contributed by atoms with E-state index in [2.05, 4.69) is 14.8 Å². The number of carbonyl (C=O) groups excluding carboxylic acids is 1. The van der Waals surface area contributed by atoms with Crippen molar-refractivity contribution in [2.45, 2.75) is 5.16 Å². The number of ketones is 1. The lowest BCUT2D eigenvalue weighted by Gasteiger charge is -2.02. The molecular formula is C20H17N4O3S+. The maximum atomic E-state index is 12.4. The van der Waals surface area contributed by atoms with Gasteiger partial charge in [-0.05, 0) is 5.27 Å². The summed E-state index contributed by atoms with van der Waals surface area (Å²) in [5, 5.41) is 2.95. The Kier molecular flexibility index (Phi) is 4.94. The number of nitrogens with one attached hydrogen (secondary N) is 2. The SMILES string of the molecule is C[n+]1[nH]oc(=O)c1C(=O)CSc1nc(-c2ccccc2)c(-c2ccccc2)[nH]1. The number of thioether (sulfide) groups is 1. The van der Waals surface area contributed by atoms with Gasteiger partial charge in [0.1, 0.15) is 0 Å². The molecule has 0 unspecified atom stereocenters. The first-order chi connectivity index (χ1) is 13.6. The Labute approximate surface area is 164 Å². The van der Waals surface area contributed by atoms with Gasteiger partial charge in [0, 0.05) is 11.1 Å². The summed E-state index contributed by atoms with van der Waals surface area (Å²) in [7, 11) is 1.55. The van der Waals surface area contributed by atoms with E-state index < -0.39 is 5.63 Å². The molecule has 2 aromatic carbocycles. The smallest absolute Gasteiger partial charge is 0.332 e. The van der Waals surface area contributed by atoms with Crippen LogP contribution in [-0.4, -0.2) is 26.8 Å². The normalized spacial score (nSPS) is 10.9. The molecule has 2 aromatic heterocycles. The molecule has 4 rings (SSSR count). The second-order valence-corrected chi connectivity index (χ2v) is 7.06. The van der Waals surface area contributed by atoms with Crippen LogP contribution in [0.1, 0.15) is 10.5 Å². The summed E-state index contributed by atoms with van der Waals surface area (Å²) in [4.78, 5) is 32.0. The predicted molar refractivity (Wildman–Crippen MR) is 105 cm³/mol. The number of Topliss-reactive ketones (excluding diaryl/α,β-unsaturated/α-hetero) is 1. The zero-order chi connectivity index (χ0) is 19.5. The van der Waals surface area contributed by atoms with Gasteiger partial charge in [-0.25, -0.2) is 9.78 Å². The first-order valence-electron chi connectivity index (χ1n) is 8.58. The number of nitrogens with zero attached hydrogens (tertiary/aromatic N) is 2. The molecule has 0 spiro atoms. The third-order valence-corrected chi connectivity index (χ3v) is 5.07. The van der Waals surface area contributed by atoms with Crippen LogP contribution in [0, 0.1) is 0 Å². The Bertz CT molecular complexity index is 1110. The van der Waals surface area contributed by atoms with Crippen LogP contribution >= 0.6 is 11.8 Å². The third-order valence-electron chi connectivity index (χ3n) is 4.20. The van der Waals surface area contributed by atoms with Crippen molar-refractivity contribution in [2.24, 2.45) is 7.05 Å². The largest absolute Gasteiger partial charge is 0.438 e. The van der Waals surface area contributed by atoms with Crippen LogP contribution in [0.4, 0.5) is 0 Å². The van der Waals surface area contributed by atoms with Crippen LogP contribution in [0.5, 0.6) is 0 Å². The molecule has 28 heavy (non-hydrogen) atoms. The van der Waals surface area contributed by atoms with Crippen molar-refractivity contribution < 1.29 is 14.0 Å². The van der Waals surface area contributed by atoms with Crippen LogP contribution in [0.15, 0.2) is 75.1 Å². The van der Waals surface area contributed by atoms with Crippen molar-refractivity contribution in [3.8, 4) is 22.5 Å². The molecule has 0 saturated carbocycles. The number of aryl methyl sites for hydroxylation is 1. The van der Waals surface area contributed by atoms with Gasteiger partial charge in [-0.2, -0.15) is 0 Å². The van der Waals surface area contributed by atoms with Crippen LogP contribution in [-0.2, 0) is 7.05 Å². The van der Waals surface area contributed by atoms with Gasteiger partial charge in [-0.15, -0.1) is 0 Å². The minimum absolute atomic E-state index is 0.0226. The van der Waals surface area contributed by atoms with Gasteiger partial charge < -0.3 is 4.98 Å². The van der Waals surface area contributed by atoms with E-state index in [1.807, 2.05) is 60.7 Å². The molecule has 0 amide bonds. The second kappa shape index (κ2) is 7.69. The van der Waals surface area contributed by atoms with Crippen molar-refractivity contribution in [3.63, 3.8) is 0 Å². The molecule has 0 fully saturated rings. The quantitative estimate of drug-likeness (QED) is 0.298. The molecule has 0 saturated heterocycles. The molecule has 0 aliphatic heterocycles. The summed E-state index contributed by atoms with van der Waals surface area (Å²) < 4.78 is 5.91. The molecule has 0 aliphatic carbocycles. The van der Waals surface area contributed by atoms with Crippen LogP contribution in [0.2, 0.25) is 0 Å². The highest BCUT2D eigenvalue weighted by Crippen LogP contribution is 2.32. The summed E-state index contributed by atoms with van der Waals surface area (Å²) in [5.41, 5.74) is 2.98. The van der Waals surface area contributed by atoms with E-state index in [1.54, 1.807) is 7.05 Å². The molecular weight excluding hydrogens is 376 g/mol. The monoisotopic (exact) mass is 393 g/mol. The van der Waals surface area contributed by atoms with E-state index in [1.165, 1.54) is 16.4 Å². The molecule has 0 aliphatic rings. The molecule has 0 bridgehead atoms. The summed E-state index contributed by atoms with van der Waals surface area (Å²) in [5.74, 6) is -0.270. The van der Waals surface area contributed by atoms with Gasteiger partial charge in [0.2, 0.25) is 5.78 Å². The van der Waals surface area contributed by atoms with Gasteiger partial charge in [-0.1, -0.05) is 77.1 Å². The average molecular weight is 393 g/mol. The number of carbonyl (C=O) groups is 1. The highest BCUT2D eigenvalue weighted by atomic mass is 32.2. The number of H-pyrrole nitrogens is 2. The van der Waals surface area contributed by atoms with Crippen molar-refractivity contribution in [1.82, 2.24) is 15.2 Å². The van der Waals surface area contributed by atoms with Gasteiger partial charge in [0.25, 0.3) is 0 Å². The Balaban J connectivity index is 1.64. The lowest BCUT2D eigenvalue weighted by atomic mass is 10.1. The minimum atomic E-state index is -0.678. The highest BCUT2D eigenvalue weighted by Gasteiger charge is 2.26. The molecule has 0 atom stereocenters. The van der Waals surface area contributed by atoms with Crippen LogP contribution in [0.3, 0.4) is 0 Å². The predicted octanol–water partition coefficient (Wildman–Crippen LogP) is 2.82. The van der Waals surface area contributed by atoms with Crippen molar-refractivity contribution in [1.29, 1.82) is 0 Å². The van der Waals surface area contributed by atoms with E-state index in [0.29, 0.717) is 5.16 Å². The molecule has 7 nitrogen and oxygen atoms in total. The number of hydrogen-bond acceptors (Lipinski definition) is 5. The standard InChI is InChI=1S/C20H16N4O3S/c1-24-18(19(26)27-23-24)15(25)12-28-20-21-16(13-8-4-2-5-9-13)17(22-20)14-10-6-3-7-11-14/h2-11H,12H2,1H3,(H-,21,22,23,25,26)/p+1. The van der Waals surface area contributed by atoms with Crippen molar-refractivity contribution in [2.75, 3.05) is 5.75 Å². The Morgan fingerprint density at radius 2 is 1.71 bits per heavy atom. The maximum Gasteiger partial charge on any atom is 0.438 e. The number of hydrogen-bond donors (Lipinski definition) is 2. The highest BCUT2D eigenvalue weighted by molar-refractivity contribution is 7.99. The maximum absolute atomic E-state index is 12.4. The lowest BCUT2D eigenvalue weighted by molar-refractivity contribution is -0.741. The number of imidazole rings is 1. The van der Waals surface area contributed by atoms with Gasteiger partial charge >= 0.3 is 11.3 Å². The molecule has 0 radical (unpaired) electrons. The van der Waals surface area contributed by atoms with Crippen LogP contribution < -0.4 is 10.3 Å². The fourth-order valence-corrected chi connectivity index (χ4v) is 3.62. The first kappa shape index (κ1) is 18.0. The average Bonchev–Trinajstić information content (AvgIpc) is 3.31. The third kappa shape index (κ3) is 3.54. The van der Waals surface area contributed by atoms with Crippen molar-refractivity contribution >= 4 is 17.5 Å². The Hall–Kier alpha value is -3.39. The Morgan fingerprint density at radius 3 is 2.32 bits per heavy atom. The van der Waals surface area contributed by atoms with Gasteiger partial charge in [0.05, 0.1) is 17.1 Å². The zero-order valence-electron chi connectivity index (χ0n) is 15.0. The van der Waals surface area contributed by atoms with E-state index >= 15 is 0 Å². The molecule has 8 heteroatoms. The summed E-state index contributed by atoms with van der Waals surface area (Å²) in [6.07, 6.45) is 0. The lowest BCUT2D eigenvalue weighted by Crippen LogP contribution is -2.39. The number of aromatic amines is 2. The molecule has 2 N–H and O–H groups in total. The number of rotatable bonds is 6. The zero-order valence-corrected chi connectivity index (χ0v) is 15.8. The Morgan fingerprint density at radius 1 is 1.07 bits per heavy atom. The fourth-order valence-electron chi connectivity index (χ4n) is 2.88. The van der Waals surface area contributed by atoms with Gasteiger partial charge in [-0.3, -0.25) is 9.32 Å². The number of benzene rings is 2. The van der Waals surface area contributed by atoms with Crippen molar-refractivity contribution in [3.05, 3.63) is 76.8 Å². The molecule has 4 aromatic rings. The van der Waals surface area contributed by atoms with Gasteiger partial charge in [0.15, 0.2) is 12.2 Å². The minimum Gasteiger partial charge on any atom is -0.332 e. The van der Waals surface area contributed by atoms with E-state index in [-0.39, 0.29) is 17.2 Å². The van der Waals surface area contributed by atoms with Crippen LogP contribution in [0.25, 0.3) is 22.5 Å². The van der Waals surface area contributed by atoms with E-state index in [0.717, 1.165) is 22.5 Å². The summed E-state index contributed by atoms with van der Waals surface area (Å²) >= 11 is 1.24. The summed E-state index contributed by atoms with van der Waals surface area (Å²) in [6.45, 7) is 0. The molecule has 140 valence electrons. The van der Waals surface area contributed by atoms with E-state index in [4.69, 9.17) is 4.98 Å². The van der Waals surface area contributed by atoms with E-state index in [9.17, 15) is 9.59 Å². The topological polar surface area (TPSA) is 95.6 Å². The number of aromatic nitrogens is 4. The second-order valence-electron chi connectivity index (χ2n) is 6.10. The molecule has 2 heterocycles. The fraction of sp³-hybridized carbons (Fsp3) is 0.100. The first-order valence-corrected chi connectivity index (χ1v) is 9.56. The summed E-state index contributed by atoms with van der Waals surface area (Å²) in [6, 6.07) is 19.8.